The van der Waals surface area contributed by atoms with Crippen LogP contribution in [-0.2, 0) is 12.8 Å². The van der Waals surface area contributed by atoms with Crippen LogP contribution >= 0.6 is 0 Å². The molecule has 0 spiro atoms. The van der Waals surface area contributed by atoms with Crippen molar-refractivity contribution in [3.63, 3.8) is 0 Å². The average molecular weight is 817 g/mol. The molecule has 0 atom stereocenters. The SMILES string of the molecule is CCCCCCCCCCCCCCCCCCCCCCC#CCCc1ccccc1C1=C(CCCC)C(CCCCCC)=C(c2cccc(CCCCCC)c2)[N+]1=[N-]. The molecule has 0 amide bonds. The molecule has 0 fully saturated rings. The number of unbranched alkanes of at least 4 members (excludes halogenated alkanes) is 27. The normalized spacial score (nSPS) is 12.8. The van der Waals surface area contributed by atoms with Crippen LogP contribution in [0.4, 0.5) is 0 Å². The summed E-state index contributed by atoms with van der Waals surface area (Å²) >= 11 is 0. The van der Waals surface area contributed by atoms with Gasteiger partial charge in [0.05, 0.1) is 0 Å². The second-order valence-corrected chi connectivity index (χ2v) is 18.4. The molecular weight excluding hydrogens is 725 g/mol. The molecule has 0 bridgehead atoms. The van der Waals surface area contributed by atoms with Gasteiger partial charge in [-0.2, -0.15) is 0 Å². The Morgan fingerprint density at radius 2 is 0.850 bits per heavy atom. The van der Waals surface area contributed by atoms with E-state index in [4.69, 9.17) is 0 Å². The Balaban J connectivity index is 1.45. The van der Waals surface area contributed by atoms with E-state index < -0.39 is 0 Å². The van der Waals surface area contributed by atoms with Crippen LogP contribution < -0.4 is 0 Å². The summed E-state index contributed by atoms with van der Waals surface area (Å²) in [5.41, 5.74) is 22.1. The molecule has 60 heavy (non-hydrogen) atoms. The summed E-state index contributed by atoms with van der Waals surface area (Å²) in [5, 5.41) is 0. The topological polar surface area (TPSA) is 25.3 Å². The molecule has 0 saturated heterocycles. The highest BCUT2D eigenvalue weighted by Crippen LogP contribution is 2.45. The fourth-order valence-electron chi connectivity index (χ4n) is 9.29. The summed E-state index contributed by atoms with van der Waals surface area (Å²) in [4.78, 5) is 0. The Bertz CT molecular complexity index is 1550. The van der Waals surface area contributed by atoms with Crippen LogP contribution in [0.5, 0.6) is 0 Å². The lowest BCUT2D eigenvalue weighted by Crippen LogP contribution is -2.05. The van der Waals surface area contributed by atoms with Crippen LogP contribution in [0.1, 0.15) is 268 Å². The molecule has 2 nitrogen and oxygen atoms in total. The van der Waals surface area contributed by atoms with Crippen LogP contribution in [0.3, 0.4) is 0 Å². The van der Waals surface area contributed by atoms with Gasteiger partial charge in [0.2, 0.25) is 11.4 Å². The van der Waals surface area contributed by atoms with Gasteiger partial charge >= 0.3 is 0 Å². The van der Waals surface area contributed by atoms with Crippen molar-refractivity contribution in [1.29, 1.82) is 0 Å². The summed E-state index contributed by atoms with van der Waals surface area (Å²) in [6, 6.07) is 17.9. The molecule has 2 aromatic rings. The van der Waals surface area contributed by atoms with Gasteiger partial charge in [0.1, 0.15) is 0 Å². The van der Waals surface area contributed by atoms with Gasteiger partial charge in [-0.1, -0.05) is 225 Å². The summed E-state index contributed by atoms with van der Waals surface area (Å²) in [6.07, 6.45) is 46.5. The lowest BCUT2D eigenvalue weighted by atomic mass is 9.90. The molecule has 1 aliphatic heterocycles. The van der Waals surface area contributed by atoms with E-state index in [0.717, 1.165) is 74.7 Å². The van der Waals surface area contributed by atoms with Gasteiger partial charge in [-0.05, 0) is 80.7 Å². The Morgan fingerprint density at radius 1 is 0.400 bits per heavy atom. The van der Waals surface area contributed by atoms with Gasteiger partial charge < -0.3 is 5.53 Å². The molecule has 0 aliphatic carbocycles. The first-order valence-corrected chi connectivity index (χ1v) is 26.2. The highest BCUT2D eigenvalue weighted by atomic mass is 15.2. The maximum atomic E-state index is 12.3. The minimum Gasteiger partial charge on any atom is -0.493 e. The number of rotatable bonds is 37. The monoisotopic (exact) mass is 817 g/mol. The second kappa shape index (κ2) is 34.6. The van der Waals surface area contributed by atoms with Crippen molar-refractivity contribution in [2.24, 2.45) is 0 Å². The fraction of sp³-hybridized carbons (Fsp3) is 0.690. The zero-order valence-electron chi connectivity index (χ0n) is 40.0. The van der Waals surface area contributed by atoms with Crippen molar-refractivity contribution in [3.05, 3.63) is 87.5 Å². The van der Waals surface area contributed by atoms with E-state index in [1.807, 2.05) is 0 Å². The Kier molecular flexibility index (Phi) is 29.7. The van der Waals surface area contributed by atoms with Gasteiger partial charge in [0.25, 0.3) is 0 Å². The maximum absolute atomic E-state index is 12.3. The van der Waals surface area contributed by atoms with E-state index in [-0.39, 0.29) is 0 Å². The Labute approximate surface area is 372 Å². The molecule has 0 N–H and O–H groups in total. The van der Waals surface area contributed by atoms with Crippen LogP contribution in [-0.4, -0.2) is 4.70 Å². The highest BCUT2D eigenvalue weighted by Gasteiger charge is 2.36. The van der Waals surface area contributed by atoms with Gasteiger partial charge in [-0.15, -0.1) is 11.8 Å². The summed E-state index contributed by atoms with van der Waals surface area (Å²) in [5.74, 6) is 7.05. The van der Waals surface area contributed by atoms with E-state index in [1.54, 1.807) is 4.70 Å². The molecule has 334 valence electrons. The second-order valence-electron chi connectivity index (χ2n) is 18.4. The Hall–Kier alpha value is -2.92. The van der Waals surface area contributed by atoms with Crippen LogP contribution in [0.25, 0.3) is 16.9 Å². The zero-order chi connectivity index (χ0) is 42.7. The van der Waals surface area contributed by atoms with Gasteiger partial charge in [0.15, 0.2) is 0 Å². The van der Waals surface area contributed by atoms with E-state index in [9.17, 15) is 5.53 Å². The van der Waals surface area contributed by atoms with E-state index >= 15 is 0 Å². The summed E-state index contributed by atoms with van der Waals surface area (Å²) in [7, 11) is 0. The molecule has 0 saturated carbocycles. The molecule has 0 unspecified atom stereocenters. The summed E-state index contributed by atoms with van der Waals surface area (Å²) in [6.45, 7) is 9.16. The van der Waals surface area contributed by atoms with E-state index in [2.05, 4.69) is 88.1 Å². The average Bonchev–Trinajstić information content (AvgIpc) is 3.54. The molecule has 3 rings (SSSR count). The van der Waals surface area contributed by atoms with Crippen molar-refractivity contribution in [1.82, 2.24) is 0 Å². The first-order chi connectivity index (χ1) is 29.7. The predicted molar refractivity (Wildman–Crippen MR) is 265 cm³/mol. The standard InChI is InChI=1S/C58H92N2/c1-5-9-13-16-17-18-19-20-21-22-23-24-25-26-27-28-29-30-31-32-33-34-35-37-44-52-45-39-40-48-54(52)58-56(47-12-8-4)55(49-38-15-11-7-3)57(60(58)59)53-46-41-43-51(50-53)42-36-14-10-6-2/h39-41,43,45-46,48,50H,5-33,36-38,42,44,47,49H2,1-4H3. The highest BCUT2D eigenvalue weighted by molar-refractivity contribution is 5.83. The fourth-order valence-corrected chi connectivity index (χ4v) is 9.29. The number of hydrogen-bond acceptors (Lipinski definition) is 0. The molecule has 1 aliphatic rings. The van der Waals surface area contributed by atoms with E-state index in [0.29, 0.717) is 0 Å². The van der Waals surface area contributed by atoms with Gasteiger partial charge in [-0.3, -0.25) is 0 Å². The zero-order valence-corrected chi connectivity index (χ0v) is 40.0. The molecular formula is C58H92N2. The van der Waals surface area contributed by atoms with Crippen LogP contribution in [0.15, 0.2) is 59.7 Å². The van der Waals surface area contributed by atoms with Crippen molar-refractivity contribution >= 4 is 11.4 Å². The predicted octanol–water partition coefficient (Wildman–Crippen LogP) is 19.3. The Morgan fingerprint density at radius 3 is 1.42 bits per heavy atom. The lowest BCUT2D eigenvalue weighted by molar-refractivity contribution is -0.345. The first-order valence-electron chi connectivity index (χ1n) is 26.2. The largest absolute Gasteiger partial charge is 0.493 e. The van der Waals surface area contributed by atoms with Crippen LogP contribution in [0, 0.1) is 11.8 Å². The molecule has 2 aromatic carbocycles. The summed E-state index contributed by atoms with van der Waals surface area (Å²) < 4.78 is 1.60. The van der Waals surface area contributed by atoms with Gasteiger partial charge in [-0.25, -0.2) is 4.70 Å². The first kappa shape index (κ1) is 51.4. The molecule has 0 aromatic heterocycles. The number of aryl methyl sites for hydroxylation is 2. The minimum atomic E-state index is 0.865. The molecule has 2 heteroatoms. The number of benzene rings is 2. The van der Waals surface area contributed by atoms with Crippen molar-refractivity contribution in [3.8, 4) is 11.8 Å². The third-order valence-electron chi connectivity index (χ3n) is 13.0. The maximum Gasteiger partial charge on any atom is 0.211 e. The molecule has 0 radical (unpaired) electrons. The minimum absolute atomic E-state index is 0.865. The third-order valence-corrected chi connectivity index (χ3v) is 13.0. The van der Waals surface area contributed by atoms with Gasteiger partial charge in [0, 0.05) is 35.1 Å². The van der Waals surface area contributed by atoms with Crippen molar-refractivity contribution in [2.45, 2.75) is 259 Å². The lowest BCUT2D eigenvalue weighted by Gasteiger charge is -2.13. The third kappa shape index (κ3) is 20.8. The van der Waals surface area contributed by atoms with E-state index in [1.165, 1.54) is 201 Å². The number of allylic oxidation sites excluding steroid dienone is 2. The van der Waals surface area contributed by atoms with Crippen molar-refractivity contribution < 1.29 is 4.70 Å². The quantitative estimate of drug-likeness (QED) is 0.0369. The number of nitrogens with zero attached hydrogens (tertiary/aromatic N) is 2. The smallest absolute Gasteiger partial charge is 0.211 e. The van der Waals surface area contributed by atoms with Crippen molar-refractivity contribution in [2.75, 3.05) is 0 Å². The molecule has 1 heterocycles. The van der Waals surface area contributed by atoms with Crippen LogP contribution in [0.2, 0.25) is 0 Å². The number of hydrogen-bond donors (Lipinski definition) is 0.